The normalized spacial score (nSPS) is 10.6. The lowest BCUT2D eigenvalue weighted by molar-refractivity contribution is 0.801. The van der Waals surface area contributed by atoms with Crippen LogP contribution in [0.2, 0.25) is 5.02 Å². The number of anilines is 1. The van der Waals surface area contributed by atoms with Crippen LogP contribution in [0.15, 0.2) is 22.8 Å². The predicted molar refractivity (Wildman–Crippen MR) is 63.2 cm³/mol. The van der Waals surface area contributed by atoms with Gasteiger partial charge in [0.2, 0.25) is 0 Å². The summed E-state index contributed by atoms with van der Waals surface area (Å²) in [6.45, 7) is 1.94. The molecule has 2 N–H and O–H groups in total. The Kier molecular flexibility index (Phi) is 2.67. The van der Waals surface area contributed by atoms with Crippen LogP contribution in [0.25, 0.3) is 5.69 Å². The summed E-state index contributed by atoms with van der Waals surface area (Å²) in [5.74, 6) is 0.374. The van der Waals surface area contributed by atoms with Crippen LogP contribution in [-0.4, -0.2) is 15.0 Å². The Morgan fingerprint density at radius 1 is 1.47 bits per heavy atom. The molecule has 0 aliphatic carbocycles. The van der Waals surface area contributed by atoms with E-state index in [2.05, 4.69) is 26.2 Å². The second kappa shape index (κ2) is 3.83. The average molecular weight is 288 g/mol. The van der Waals surface area contributed by atoms with Crippen LogP contribution in [0, 0.1) is 6.92 Å². The summed E-state index contributed by atoms with van der Waals surface area (Å²) in [6, 6.07) is 3.74. The number of aryl methyl sites for hydroxylation is 1. The molecule has 2 aromatic rings. The maximum atomic E-state index is 6.03. The zero-order valence-corrected chi connectivity index (χ0v) is 10.2. The molecule has 0 radical (unpaired) electrons. The maximum absolute atomic E-state index is 6.03. The van der Waals surface area contributed by atoms with Gasteiger partial charge in [0.15, 0.2) is 5.82 Å². The van der Waals surface area contributed by atoms with E-state index in [4.69, 9.17) is 17.3 Å². The number of benzene rings is 1. The molecule has 6 heteroatoms. The fourth-order valence-corrected chi connectivity index (χ4v) is 2.00. The van der Waals surface area contributed by atoms with Gasteiger partial charge in [0, 0.05) is 9.50 Å². The van der Waals surface area contributed by atoms with Crippen molar-refractivity contribution in [3.8, 4) is 5.69 Å². The van der Waals surface area contributed by atoms with Gasteiger partial charge in [0.05, 0.1) is 11.9 Å². The van der Waals surface area contributed by atoms with Gasteiger partial charge in [-0.05, 0) is 40.5 Å². The summed E-state index contributed by atoms with van der Waals surface area (Å²) < 4.78 is 2.47. The predicted octanol–water partition coefficient (Wildman–Crippen LogP) is 2.57. The molecule has 0 spiro atoms. The third-order valence-corrected chi connectivity index (χ3v) is 3.03. The highest BCUT2D eigenvalue weighted by Gasteiger charge is 2.07. The van der Waals surface area contributed by atoms with Crippen LogP contribution < -0.4 is 5.73 Å². The number of nitrogens with two attached hydrogens (primary N) is 1. The van der Waals surface area contributed by atoms with Crippen LogP contribution in [0.5, 0.6) is 0 Å². The molecule has 1 heterocycles. The molecule has 15 heavy (non-hydrogen) atoms. The van der Waals surface area contributed by atoms with Crippen molar-refractivity contribution in [3.63, 3.8) is 0 Å². The van der Waals surface area contributed by atoms with Crippen LogP contribution in [0.3, 0.4) is 0 Å². The van der Waals surface area contributed by atoms with E-state index in [9.17, 15) is 0 Å². The van der Waals surface area contributed by atoms with Gasteiger partial charge in [-0.25, -0.2) is 4.68 Å². The van der Waals surface area contributed by atoms with E-state index in [0.29, 0.717) is 10.8 Å². The zero-order chi connectivity index (χ0) is 11.0. The number of rotatable bonds is 1. The fraction of sp³-hybridized carbons (Fsp3) is 0.111. The fourth-order valence-electron chi connectivity index (χ4n) is 1.21. The minimum Gasteiger partial charge on any atom is -0.381 e. The van der Waals surface area contributed by atoms with Crippen LogP contribution >= 0.6 is 27.5 Å². The first-order valence-corrected chi connectivity index (χ1v) is 5.39. The summed E-state index contributed by atoms with van der Waals surface area (Å²) >= 11 is 9.47. The molecule has 0 atom stereocenters. The topological polar surface area (TPSA) is 56.7 Å². The van der Waals surface area contributed by atoms with E-state index in [1.807, 2.05) is 19.1 Å². The second-order valence-electron chi connectivity index (χ2n) is 3.14. The van der Waals surface area contributed by atoms with E-state index < -0.39 is 0 Å². The summed E-state index contributed by atoms with van der Waals surface area (Å²) in [5, 5.41) is 8.27. The van der Waals surface area contributed by atoms with Crippen molar-refractivity contribution >= 4 is 33.3 Å². The standard InChI is InChI=1S/C9H8BrClN4/c1-5-2-6(10)8(3-7(5)11)15-4-9(12)13-14-15/h2-4H,12H2,1H3. The lowest BCUT2D eigenvalue weighted by atomic mass is 10.2. The van der Waals surface area contributed by atoms with Crippen molar-refractivity contribution in [1.29, 1.82) is 0 Å². The second-order valence-corrected chi connectivity index (χ2v) is 4.40. The van der Waals surface area contributed by atoms with Gasteiger partial charge in [-0.2, -0.15) is 0 Å². The molecule has 0 aliphatic rings. The summed E-state index contributed by atoms with van der Waals surface area (Å²) in [5.41, 5.74) is 7.31. The highest BCUT2D eigenvalue weighted by molar-refractivity contribution is 9.10. The number of nitrogens with zero attached hydrogens (tertiary/aromatic N) is 3. The highest BCUT2D eigenvalue weighted by atomic mass is 79.9. The highest BCUT2D eigenvalue weighted by Crippen LogP contribution is 2.27. The molecule has 2 rings (SSSR count). The number of hydrogen-bond acceptors (Lipinski definition) is 3. The minimum absolute atomic E-state index is 0.374. The summed E-state index contributed by atoms with van der Waals surface area (Å²) in [7, 11) is 0. The smallest absolute Gasteiger partial charge is 0.166 e. The molecular formula is C9H8BrClN4. The summed E-state index contributed by atoms with van der Waals surface area (Å²) in [6.07, 6.45) is 1.63. The van der Waals surface area contributed by atoms with Gasteiger partial charge < -0.3 is 5.73 Å². The van der Waals surface area contributed by atoms with Crippen molar-refractivity contribution in [2.45, 2.75) is 6.92 Å². The van der Waals surface area contributed by atoms with Crippen LogP contribution in [0.4, 0.5) is 5.82 Å². The van der Waals surface area contributed by atoms with Gasteiger partial charge in [-0.15, -0.1) is 5.10 Å². The van der Waals surface area contributed by atoms with E-state index >= 15 is 0 Å². The van der Waals surface area contributed by atoms with E-state index in [1.165, 1.54) is 0 Å². The third-order valence-electron chi connectivity index (χ3n) is 1.99. The van der Waals surface area contributed by atoms with Gasteiger partial charge in [0.25, 0.3) is 0 Å². The Bertz CT molecular complexity index is 509. The van der Waals surface area contributed by atoms with Crippen molar-refractivity contribution in [1.82, 2.24) is 15.0 Å². The Labute approximate surface area is 100 Å². The molecular weight excluding hydrogens is 279 g/mol. The van der Waals surface area contributed by atoms with E-state index in [1.54, 1.807) is 10.9 Å². The lowest BCUT2D eigenvalue weighted by Crippen LogP contribution is -1.97. The van der Waals surface area contributed by atoms with Crippen molar-refractivity contribution in [2.24, 2.45) is 0 Å². The maximum Gasteiger partial charge on any atom is 0.166 e. The van der Waals surface area contributed by atoms with Gasteiger partial charge in [-0.3, -0.25) is 0 Å². The Morgan fingerprint density at radius 2 is 2.20 bits per heavy atom. The molecule has 1 aromatic carbocycles. The van der Waals surface area contributed by atoms with Crippen molar-refractivity contribution < 1.29 is 0 Å². The van der Waals surface area contributed by atoms with Gasteiger partial charge in [0.1, 0.15) is 0 Å². The first kappa shape index (κ1) is 10.4. The average Bonchev–Trinajstić information content (AvgIpc) is 2.58. The zero-order valence-electron chi connectivity index (χ0n) is 7.91. The molecule has 0 amide bonds. The Hall–Kier alpha value is -1.07. The molecule has 0 fully saturated rings. The molecule has 78 valence electrons. The quantitative estimate of drug-likeness (QED) is 0.877. The van der Waals surface area contributed by atoms with Crippen LogP contribution in [-0.2, 0) is 0 Å². The number of nitrogen functional groups attached to an aromatic ring is 1. The monoisotopic (exact) mass is 286 g/mol. The van der Waals surface area contributed by atoms with Gasteiger partial charge >= 0.3 is 0 Å². The Morgan fingerprint density at radius 3 is 2.80 bits per heavy atom. The lowest BCUT2D eigenvalue weighted by Gasteiger charge is -2.06. The number of hydrogen-bond donors (Lipinski definition) is 1. The molecule has 0 saturated heterocycles. The molecule has 0 saturated carbocycles. The minimum atomic E-state index is 0.374. The number of halogens is 2. The first-order valence-electron chi connectivity index (χ1n) is 4.22. The first-order chi connectivity index (χ1) is 7.08. The SMILES string of the molecule is Cc1cc(Br)c(-n2cc(N)nn2)cc1Cl. The molecule has 0 aliphatic heterocycles. The largest absolute Gasteiger partial charge is 0.381 e. The third kappa shape index (κ3) is 1.98. The van der Waals surface area contributed by atoms with E-state index in [0.717, 1.165) is 15.7 Å². The molecule has 0 bridgehead atoms. The summed E-state index contributed by atoms with van der Waals surface area (Å²) in [4.78, 5) is 0. The van der Waals surface area contributed by atoms with Gasteiger partial charge in [-0.1, -0.05) is 16.8 Å². The van der Waals surface area contributed by atoms with Crippen molar-refractivity contribution in [2.75, 3.05) is 5.73 Å². The van der Waals surface area contributed by atoms with Crippen LogP contribution in [0.1, 0.15) is 5.56 Å². The van der Waals surface area contributed by atoms with E-state index in [-0.39, 0.29) is 0 Å². The molecule has 0 unspecified atom stereocenters. The molecule has 4 nitrogen and oxygen atoms in total. The number of aromatic nitrogens is 3. The molecule has 1 aromatic heterocycles. The van der Waals surface area contributed by atoms with Crippen molar-refractivity contribution in [3.05, 3.63) is 33.4 Å². The Balaban J connectivity index is 2.58.